The second kappa shape index (κ2) is 5.39. The van der Waals surface area contributed by atoms with Crippen molar-refractivity contribution in [2.45, 2.75) is 12.5 Å². The zero-order chi connectivity index (χ0) is 11.3. The second-order valence-electron chi connectivity index (χ2n) is 3.40. The van der Waals surface area contributed by atoms with Crippen LogP contribution in [0.25, 0.3) is 0 Å². The first-order valence-electron chi connectivity index (χ1n) is 4.56. The maximum absolute atomic E-state index is 10.8. The van der Waals surface area contributed by atoms with Crippen LogP contribution >= 0.6 is 7.60 Å². The van der Waals surface area contributed by atoms with Crippen LogP contribution in [0.15, 0.2) is 30.3 Å². The first-order valence-corrected chi connectivity index (χ1v) is 6.35. The second-order valence-corrected chi connectivity index (χ2v) is 5.10. The summed E-state index contributed by atoms with van der Waals surface area (Å²) < 4.78 is 10.8. The molecule has 1 rings (SSSR count). The number of hydrogen-bond donors (Lipinski definition) is 4. The summed E-state index contributed by atoms with van der Waals surface area (Å²) in [6, 6.07) is 9.01. The van der Waals surface area contributed by atoms with Gasteiger partial charge in [0, 0.05) is 6.04 Å². The molecule has 0 aliphatic rings. The van der Waals surface area contributed by atoms with Gasteiger partial charge in [-0.15, -0.1) is 0 Å². The minimum absolute atomic E-state index is 0.252. The van der Waals surface area contributed by atoms with Crippen molar-refractivity contribution < 1.29 is 14.4 Å². The fraction of sp³-hybridized carbons (Fsp3) is 0.333. The molecule has 0 amide bonds. The molecule has 0 saturated carbocycles. The molecule has 0 radical (unpaired) electrons. The molecule has 6 heteroatoms. The number of nitrogens with one attached hydrogen (secondary N) is 1. The number of hydrogen-bond acceptors (Lipinski definition) is 3. The molecular formula is C9H15N2O3P. The fourth-order valence-electron chi connectivity index (χ4n) is 1.36. The van der Waals surface area contributed by atoms with Gasteiger partial charge in [0.2, 0.25) is 0 Å². The molecule has 1 aromatic rings. The number of hydrazine groups is 1. The van der Waals surface area contributed by atoms with Crippen LogP contribution in [0.5, 0.6) is 0 Å². The first-order chi connectivity index (χ1) is 7.01. The average Bonchev–Trinajstić information content (AvgIpc) is 2.16. The van der Waals surface area contributed by atoms with E-state index in [1.807, 2.05) is 30.3 Å². The van der Waals surface area contributed by atoms with Crippen LogP contribution in [0.1, 0.15) is 5.56 Å². The monoisotopic (exact) mass is 230 g/mol. The molecule has 0 bridgehead atoms. The maximum Gasteiger partial charge on any atom is 0.327 e. The predicted octanol–water partition coefficient (Wildman–Crippen LogP) is 0.239. The largest absolute Gasteiger partial charge is 0.327 e. The van der Waals surface area contributed by atoms with Crippen molar-refractivity contribution in [1.29, 1.82) is 0 Å². The lowest BCUT2D eigenvalue weighted by Crippen LogP contribution is -2.39. The van der Waals surface area contributed by atoms with Gasteiger partial charge in [-0.05, 0) is 12.0 Å². The van der Waals surface area contributed by atoms with Crippen LogP contribution in [-0.2, 0) is 11.0 Å². The molecule has 0 aliphatic heterocycles. The van der Waals surface area contributed by atoms with Gasteiger partial charge in [-0.2, -0.15) is 0 Å². The summed E-state index contributed by atoms with van der Waals surface area (Å²) in [6.45, 7) is 0. The van der Waals surface area contributed by atoms with Crippen molar-refractivity contribution in [2.75, 3.05) is 6.16 Å². The topological polar surface area (TPSA) is 95.6 Å². The van der Waals surface area contributed by atoms with Gasteiger partial charge < -0.3 is 9.79 Å². The van der Waals surface area contributed by atoms with Gasteiger partial charge in [-0.1, -0.05) is 30.3 Å². The van der Waals surface area contributed by atoms with Crippen LogP contribution in [-0.4, -0.2) is 22.0 Å². The average molecular weight is 230 g/mol. The van der Waals surface area contributed by atoms with Crippen LogP contribution in [0.4, 0.5) is 0 Å². The molecule has 0 aliphatic carbocycles. The van der Waals surface area contributed by atoms with Crippen molar-refractivity contribution >= 4 is 7.60 Å². The molecule has 15 heavy (non-hydrogen) atoms. The Morgan fingerprint density at radius 2 is 1.93 bits per heavy atom. The van der Waals surface area contributed by atoms with E-state index in [4.69, 9.17) is 15.6 Å². The Morgan fingerprint density at radius 1 is 1.33 bits per heavy atom. The fourth-order valence-corrected chi connectivity index (χ4v) is 2.17. The van der Waals surface area contributed by atoms with E-state index >= 15 is 0 Å². The highest BCUT2D eigenvalue weighted by Crippen LogP contribution is 2.35. The van der Waals surface area contributed by atoms with Gasteiger partial charge >= 0.3 is 7.60 Å². The van der Waals surface area contributed by atoms with Crippen LogP contribution in [0.3, 0.4) is 0 Å². The summed E-state index contributed by atoms with van der Waals surface area (Å²) in [4.78, 5) is 17.6. The minimum Gasteiger partial charge on any atom is -0.324 e. The molecule has 0 saturated heterocycles. The van der Waals surface area contributed by atoms with E-state index in [9.17, 15) is 4.57 Å². The summed E-state index contributed by atoms with van der Waals surface area (Å²) >= 11 is 0. The Labute approximate surface area is 88.4 Å². The van der Waals surface area contributed by atoms with E-state index in [1.54, 1.807) is 0 Å². The normalized spacial score (nSPS) is 13.8. The SMILES string of the molecule is NNC(Cc1ccccc1)CP(=O)(O)O. The van der Waals surface area contributed by atoms with Crippen LogP contribution in [0, 0.1) is 0 Å². The summed E-state index contributed by atoms with van der Waals surface area (Å²) in [5, 5.41) is 0. The Kier molecular flexibility index (Phi) is 4.45. The lowest BCUT2D eigenvalue weighted by molar-refractivity contribution is 0.363. The summed E-state index contributed by atoms with van der Waals surface area (Å²) in [7, 11) is -4.02. The maximum atomic E-state index is 10.8. The van der Waals surface area contributed by atoms with Gasteiger partial charge in [-0.25, -0.2) is 0 Å². The Hall–Kier alpha value is -0.710. The predicted molar refractivity (Wildman–Crippen MR) is 58.2 cm³/mol. The quantitative estimate of drug-likeness (QED) is 0.330. The van der Waals surface area contributed by atoms with Gasteiger partial charge in [0.15, 0.2) is 0 Å². The lowest BCUT2D eigenvalue weighted by atomic mass is 10.1. The highest BCUT2D eigenvalue weighted by molar-refractivity contribution is 7.51. The molecule has 5 nitrogen and oxygen atoms in total. The molecule has 0 aromatic heterocycles. The summed E-state index contributed by atoms with van der Waals surface area (Å²) in [5.41, 5.74) is 3.41. The Balaban J connectivity index is 2.59. The molecule has 1 atom stereocenters. The van der Waals surface area contributed by atoms with Crippen molar-refractivity contribution in [3.8, 4) is 0 Å². The van der Waals surface area contributed by atoms with Crippen molar-refractivity contribution in [3.63, 3.8) is 0 Å². The molecule has 1 unspecified atom stereocenters. The van der Waals surface area contributed by atoms with Crippen molar-refractivity contribution in [2.24, 2.45) is 5.84 Å². The molecule has 0 spiro atoms. The minimum atomic E-state index is -4.02. The first kappa shape index (κ1) is 12.4. The van der Waals surface area contributed by atoms with E-state index in [-0.39, 0.29) is 6.16 Å². The zero-order valence-electron chi connectivity index (χ0n) is 8.21. The van der Waals surface area contributed by atoms with E-state index in [0.717, 1.165) is 5.56 Å². The van der Waals surface area contributed by atoms with E-state index < -0.39 is 13.6 Å². The molecular weight excluding hydrogens is 215 g/mol. The van der Waals surface area contributed by atoms with Gasteiger partial charge in [0.05, 0.1) is 6.16 Å². The van der Waals surface area contributed by atoms with Gasteiger partial charge in [-0.3, -0.25) is 15.8 Å². The van der Waals surface area contributed by atoms with Gasteiger partial charge in [0.1, 0.15) is 0 Å². The third-order valence-electron chi connectivity index (χ3n) is 2.02. The zero-order valence-corrected chi connectivity index (χ0v) is 9.10. The van der Waals surface area contributed by atoms with E-state index in [2.05, 4.69) is 5.43 Å². The van der Waals surface area contributed by atoms with E-state index in [0.29, 0.717) is 6.42 Å². The van der Waals surface area contributed by atoms with E-state index in [1.165, 1.54) is 0 Å². The number of nitrogens with two attached hydrogens (primary N) is 1. The van der Waals surface area contributed by atoms with Crippen LogP contribution in [0.2, 0.25) is 0 Å². The number of benzene rings is 1. The summed E-state index contributed by atoms with van der Waals surface area (Å²) in [5.74, 6) is 5.23. The highest BCUT2D eigenvalue weighted by Gasteiger charge is 2.20. The highest BCUT2D eigenvalue weighted by atomic mass is 31.2. The molecule has 0 fully saturated rings. The molecule has 84 valence electrons. The molecule has 5 N–H and O–H groups in total. The number of rotatable bonds is 5. The smallest absolute Gasteiger partial charge is 0.324 e. The van der Waals surface area contributed by atoms with Crippen molar-refractivity contribution in [3.05, 3.63) is 35.9 Å². The van der Waals surface area contributed by atoms with Crippen molar-refractivity contribution in [1.82, 2.24) is 5.43 Å². The molecule has 0 heterocycles. The third-order valence-corrected chi connectivity index (χ3v) is 2.94. The lowest BCUT2D eigenvalue weighted by Gasteiger charge is -2.16. The van der Waals surface area contributed by atoms with Crippen LogP contribution < -0.4 is 11.3 Å². The third kappa shape index (κ3) is 5.06. The summed E-state index contributed by atoms with van der Waals surface area (Å²) in [6.07, 6.45) is 0.251. The Morgan fingerprint density at radius 3 is 2.40 bits per heavy atom. The molecule has 1 aromatic carbocycles. The van der Waals surface area contributed by atoms with Gasteiger partial charge in [0.25, 0.3) is 0 Å². The Bertz CT molecular complexity index is 338. The standard InChI is InChI=1S/C9H15N2O3P/c10-11-9(7-15(12,13)14)6-8-4-2-1-3-5-8/h1-5,9,11H,6-7,10H2,(H2,12,13,14).